The molecule has 1 heterocycles. The molecule has 0 fully saturated rings. The minimum Gasteiger partial charge on any atom is -0.391 e. The number of amides is 2. The molecule has 0 radical (unpaired) electrons. The Morgan fingerprint density at radius 3 is 2.67 bits per heavy atom. The highest BCUT2D eigenvalue weighted by Gasteiger charge is 2.27. The summed E-state index contributed by atoms with van der Waals surface area (Å²) in [6.07, 6.45) is 5.51. The lowest BCUT2D eigenvalue weighted by atomic mass is 10.1. The van der Waals surface area contributed by atoms with Crippen molar-refractivity contribution in [2.45, 2.75) is 39.0 Å². The van der Waals surface area contributed by atoms with E-state index in [2.05, 4.69) is 21.7 Å². The van der Waals surface area contributed by atoms with E-state index in [1.165, 1.54) is 17.8 Å². The van der Waals surface area contributed by atoms with E-state index in [-0.39, 0.29) is 12.6 Å². The van der Waals surface area contributed by atoms with Crippen molar-refractivity contribution < 1.29 is 14.7 Å². The highest BCUT2D eigenvalue weighted by Crippen LogP contribution is 2.08. The molecule has 0 aliphatic carbocycles. The van der Waals surface area contributed by atoms with Gasteiger partial charge in [0.05, 0.1) is 12.6 Å². The van der Waals surface area contributed by atoms with E-state index in [9.17, 15) is 14.7 Å². The summed E-state index contributed by atoms with van der Waals surface area (Å²) in [5.41, 5.74) is 0.320. The van der Waals surface area contributed by atoms with E-state index in [0.717, 1.165) is 0 Å². The first kappa shape index (κ1) is 16.7. The minimum absolute atomic E-state index is 0.000941. The van der Waals surface area contributed by atoms with Gasteiger partial charge in [0.2, 0.25) is 5.91 Å². The number of carbonyl (C=O) groups excluding carboxylic acids is 2. The lowest BCUT2D eigenvalue weighted by Crippen LogP contribution is -2.52. The summed E-state index contributed by atoms with van der Waals surface area (Å²) in [6, 6.07) is 0.468. The number of aromatic nitrogens is 2. The second kappa shape index (κ2) is 7.45. The summed E-state index contributed by atoms with van der Waals surface area (Å²) < 4.78 is 1.54. The molecule has 114 valence electrons. The molecule has 21 heavy (non-hydrogen) atoms. The van der Waals surface area contributed by atoms with Crippen molar-refractivity contribution in [1.82, 2.24) is 20.4 Å². The molecule has 0 saturated carbocycles. The average Bonchev–Trinajstić information content (AvgIpc) is 2.91. The first-order valence-electron chi connectivity index (χ1n) is 6.62. The number of carbonyl (C=O) groups is 2. The molecule has 7 heteroatoms. The Morgan fingerprint density at radius 2 is 2.14 bits per heavy atom. The highest BCUT2D eigenvalue weighted by atomic mass is 16.3. The third-order valence-corrected chi connectivity index (χ3v) is 2.81. The van der Waals surface area contributed by atoms with Gasteiger partial charge in [0.15, 0.2) is 0 Å². The smallest absolute Gasteiger partial charge is 0.270 e. The quantitative estimate of drug-likeness (QED) is 0.627. The van der Waals surface area contributed by atoms with Gasteiger partial charge < -0.3 is 15.7 Å². The van der Waals surface area contributed by atoms with Crippen LogP contribution in [0.5, 0.6) is 0 Å². The fraction of sp³-hybridized carbons (Fsp3) is 0.500. The van der Waals surface area contributed by atoms with Crippen LogP contribution in [0.15, 0.2) is 12.3 Å². The number of aliphatic hydroxyl groups excluding tert-OH is 1. The summed E-state index contributed by atoms with van der Waals surface area (Å²) in [7, 11) is 0. The molecule has 1 aromatic rings. The molecule has 0 saturated heterocycles. The maximum absolute atomic E-state index is 12.2. The largest absolute Gasteiger partial charge is 0.391 e. The van der Waals surface area contributed by atoms with Crippen molar-refractivity contribution in [3.8, 4) is 12.3 Å². The van der Waals surface area contributed by atoms with E-state index < -0.39 is 24.0 Å². The Labute approximate surface area is 123 Å². The van der Waals surface area contributed by atoms with Crippen molar-refractivity contribution in [2.24, 2.45) is 0 Å². The van der Waals surface area contributed by atoms with E-state index in [1.54, 1.807) is 6.07 Å². The predicted molar refractivity (Wildman–Crippen MR) is 77.4 cm³/mol. The van der Waals surface area contributed by atoms with Gasteiger partial charge in [-0.1, -0.05) is 5.92 Å². The van der Waals surface area contributed by atoms with Gasteiger partial charge in [-0.3, -0.25) is 14.3 Å². The molecule has 0 unspecified atom stereocenters. The van der Waals surface area contributed by atoms with Crippen LogP contribution in [0.25, 0.3) is 0 Å². The number of terminal acetylenes is 1. The SMILES string of the molecule is C#CCNC(=O)[C@@H](NC(=O)c1ccnn1C(C)C)[C@@H](C)O. The number of nitrogens with one attached hydrogen (secondary N) is 2. The van der Waals surface area contributed by atoms with Crippen LogP contribution in [-0.2, 0) is 4.79 Å². The van der Waals surface area contributed by atoms with Gasteiger partial charge >= 0.3 is 0 Å². The summed E-state index contributed by atoms with van der Waals surface area (Å²) in [5, 5.41) is 18.6. The van der Waals surface area contributed by atoms with Crippen LogP contribution >= 0.6 is 0 Å². The number of hydrogen-bond donors (Lipinski definition) is 3. The zero-order chi connectivity index (χ0) is 16.0. The van der Waals surface area contributed by atoms with Gasteiger partial charge in [0.25, 0.3) is 5.91 Å². The molecule has 2 amide bonds. The number of hydrogen-bond acceptors (Lipinski definition) is 4. The van der Waals surface area contributed by atoms with Gasteiger partial charge in [-0.15, -0.1) is 6.42 Å². The van der Waals surface area contributed by atoms with Crippen molar-refractivity contribution in [3.63, 3.8) is 0 Å². The number of aliphatic hydroxyl groups is 1. The van der Waals surface area contributed by atoms with Crippen LogP contribution in [-0.4, -0.2) is 45.4 Å². The Balaban J connectivity index is 2.84. The van der Waals surface area contributed by atoms with E-state index >= 15 is 0 Å². The van der Waals surface area contributed by atoms with Crippen molar-refractivity contribution >= 4 is 11.8 Å². The molecular weight excluding hydrogens is 272 g/mol. The lowest BCUT2D eigenvalue weighted by molar-refractivity contribution is -0.125. The topological polar surface area (TPSA) is 96.3 Å². The fourth-order valence-corrected chi connectivity index (χ4v) is 1.77. The summed E-state index contributed by atoms with van der Waals surface area (Å²) in [4.78, 5) is 24.1. The van der Waals surface area contributed by atoms with Crippen LogP contribution in [0.4, 0.5) is 0 Å². The zero-order valence-corrected chi connectivity index (χ0v) is 12.3. The lowest BCUT2D eigenvalue weighted by Gasteiger charge is -2.21. The summed E-state index contributed by atoms with van der Waals surface area (Å²) >= 11 is 0. The standard InChI is InChI=1S/C14H20N4O3/c1-5-7-15-14(21)12(10(4)19)17-13(20)11-6-8-16-18(11)9(2)3/h1,6,8-10,12,19H,7H2,2-4H3,(H,15,21)(H,17,20)/t10-,12+/m1/s1. The second-order valence-electron chi connectivity index (χ2n) is 4.87. The molecule has 0 bridgehead atoms. The van der Waals surface area contributed by atoms with Gasteiger partial charge in [-0.05, 0) is 26.8 Å². The van der Waals surface area contributed by atoms with Crippen LogP contribution in [0, 0.1) is 12.3 Å². The first-order valence-corrected chi connectivity index (χ1v) is 6.62. The maximum Gasteiger partial charge on any atom is 0.270 e. The normalized spacial score (nSPS) is 13.3. The summed E-state index contributed by atoms with van der Waals surface area (Å²) in [6.45, 7) is 5.22. The van der Waals surface area contributed by atoms with E-state index in [0.29, 0.717) is 5.69 Å². The van der Waals surface area contributed by atoms with Crippen LogP contribution in [0.1, 0.15) is 37.3 Å². The Morgan fingerprint density at radius 1 is 1.48 bits per heavy atom. The van der Waals surface area contributed by atoms with Crippen LogP contribution < -0.4 is 10.6 Å². The van der Waals surface area contributed by atoms with E-state index in [4.69, 9.17) is 6.42 Å². The van der Waals surface area contributed by atoms with Crippen molar-refractivity contribution in [1.29, 1.82) is 0 Å². The van der Waals surface area contributed by atoms with E-state index in [1.807, 2.05) is 13.8 Å². The molecule has 1 rings (SSSR count). The van der Waals surface area contributed by atoms with Crippen LogP contribution in [0.2, 0.25) is 0 Å². The van der Waals surface area contributed by atoms with Crippen molar-refractivity contribution in [3.05, 3.63) is 18.0 Å². The molecule has 0 spiro atoms. The molecular formula is C14H20N4O3. The molecule has 1 aromatic heterocycles. The molecule has 0 aromatic carbocycles. The Kier molecular flexibility index (Phi) is 5.93. The molecule has 3 N–H and O–H groups in total. The van der Waals surface area contributed by atoms with Crippen molar-refractivity contribution in [2.75, 3.05) is 6.54 Å². The molecule has 7 nitrogen and oxygen atoms in total. The molecule has 0 aliphatic heterocycles. The van der Waals surface area contributed by atoms with Crippen LogP contribution in [0.3, 0.4) is 0 Å². The maximum atomic E-state index is 12.2. The van der Waals surface area contributed by atoms with Gasteiger partial charge in [-0.25, -0.2) is 0 Å². The number of nitrogens with zero attached hydrogens (tertiary/aromatic N) is 2. The minimum atomic E-state index is -1.08. The number of rotatable bonds is 6. The third kappa shape index (κ3) is 4.33. The Hall–Kier alpha value is -2.33. The van der Waals surface area contributed by atoms with Gasteiger partial charge in [0.1, 0.15) is 11.7 Å². The zero-order valence-electron chi connectivity index (χ0n) is 12.3. The summed E-state index contributed by atoms with van der Waals surface area (Å²) in [5.74, 6) is 1.24. The fourth-order valence-electron chi connectivity index (χ4n) is 1.77. The van der Waals surface area contributed by atoms with Gasteiger partial charge in [-0.2, -0.15) is 5.10 Å². The average molecular weight is 292 g/mol. The molecule has 0 aliphatic rings. The first-order chi connectivity index (χ1) is 9.88. The predicted octanol–water partition coefficient (Wildman–Crippen LogP) is -0.307. The third-order valence-electron chi connectivity index (χ3n) is 2.81. The molecule has 2 atom stereocenters. The van der Waals surface area contributed by atoms with Gasteiger partial charge in [0, 0.05) is 12.2 Å². The second-order valence-corrected chi connectivity index (χ2v) is 4.87. The monoisotopic (exact) mass is 292 g/mol. The highest BCUT2D eigenvalue weighted by molar-refractivity contribution is 5.96. The Bertz CT molecular complexity index is 543.